The first-order valence-corrected chi connectivity index (χ1v) is 12.6. The Morgan fingerprint density at radius 1 is 1.22 bits per heavy atom. The van der Waals surface area contributed by atoms with E-state index in [-0.39, 0.29) is 23.7 Å². The average Bonchev–Trinajstić information content (AvgIpc) is 3.33. The summed E-state index contributed by atoms with van der Waals surface area (Å²) in [6.45, 7) is -1.46. The van der Waals surface area contributed by atoms with Gasteiger partial charge in [-0.3, -0.25) is 0 Å². The Morgan fingerprint density at radius 2 is 2.00 bits per heavy atom. The number of nitrogens with one attached hydrogen (secondary N) is 1. The molecule has 1 saturated heterocycles. The Labute approximate surface area is 202 Å². The highest BCUT2D eigenvalue weighted by atomic mass is 31.2. The van der Waals surface area contributed by atoms with E-state index in [2.05, 4.69) is 19.9 Å². The summed E-state index contributed by atoms with van der Waals surface area (Å²) in [7, 11) is -4.04. The van der Waals surface area contributed by atoms with Crippen molar-refractivity contribution in [2.24, 2.45) is 0 Å². The van der Waals surface area contributed by atoms with Gasteiger partial charge in [0.05, 0.1) is 23.1 Å². The molecule has 0 amide bonds. The molecule has 0 spiro atoms. The summed E-state index contributed by atoms with van der Waals surface area (Å²) in [6.07, 6.45) is 3.82. The molecule has 0 aliphatic carbocycles. The van der Waals surface area contributed by atoms with E-state index in [1.54, 1.807) is 24.5 Å². The molecule has 0 radical (unpaired) electrons. The minimum Gasteiger partial charge on any atom is -0.434 e. The third-order valence-electron chi connectivity index (χ3n) is 6.71. The largest absolute Gasteiger partial charge is 0.478 e. The predicted molar refractivity (Wildman–Crippen MR) is 122 cm³/mol. The molecule has 2 N–H and O–H groups in total. The Hall–Kier alpha value is -3.44. The smallest absolute Gasteiger partial charge is 0.434 e. The maximum absolute atomic E-state index is 13.1. The highest BCUT2D eigenvalue weighted by molar-refractivity contribution is 7.48. The topological polar surface area (TPSA) is 121 Å². The van der Waals surface area contributed by atoms with Crippen molar-refractivity contribution in [2.75, 3.05) is 5.32 Å². The number of imidazole rings is 1. The van der Waals surface area contributed by atoms with Crippen molar-refractivity contribution in [3.05, 3.63) is 66.0 Å². The van der Waals surface area contributed by atoms with Gasteiger partial charge in [0.1, 0.15) is 11.6 Å². The first-order valence-electron chi connectivity index (χ1n) is 11.1. The van der Waals surface area contributed by atoms with E-state index in [0.29, 0.717) is 17.5 Å². The zero-order chi connectivity index (χ0) is 24.8. The summed E-state index contributed by atoms with van der Waals surface area (Å²) in [4.78, 5) is 22.6. The first-order chi connectivity index (χ1) is 17.2. The van der Waals surface area contributed by atoms with Crippen molar-refractivity contribution >= 4 is 24.5 Å². The summed E-state index contributed by atoms with van der Waals surface area (Å²) >= 11 is 0. The van der Waals surface area contributed by atoms with Crippen molar-refractivity contribution in [1.82, 2.24) is 19.5 Å². The molecular weight excluding hydrogens is 495 g/mol. The van der Waals surface area contributed by atoms with Gasteiger partial charge >= 0.3 is 14.4 Å². The molecule has 184 valence electrons. The Kier molecular flexibility index (Phi) is 4.42. The second-order valence-corrected chi connectivity index (χ2v) is 10.3. The molecule has 3 aliphatic rings. The van der Waals surface area contributed by atoms with Crippen molar-refractivity contribution in [3.8, 4) is 16.9 Å². The van der Waals surface area contributed by atoms with E-state index < -0.39 is 20.2 Å². The van der Waals surface area contributed by atoms with E-state index in [9.17, 15) is 18.2 Å². The van der Waals surface area contributed by atoms with Crippen LogP contribution in [-0.4, -0.2) is 31.0 Å². The van der Waals surface area contributed by atoms with E-state index in [1.165, 1.54) is 6.92 Å². The Bertz CT molecular complexity index is 1580. The molecule has 5 heterocycles. The molecule has 7 rings (SSSR count). The SMILES string of the molecule is CC1(c2ncc(-c3ccc4nc5n(c4c3)[C@@H]3C[C@H]5Nc4cccc(OC(F)F)c43)cn2)OP(=O)(O)O1. The lowest BCUT2D eigenvalue weighted by Crippen LogP contribution is -2.38. The molecule has 0 saturated carbocycles. The molecule has 10 nitrogen and oxygen atoms in total. The molecule has 2 aromatic carbocycles. The van der Waals surface area contributed by atoms with Crippen LogP contribution in [0.15, 0.2) is 48.8 Å². The summed E-state index contributed by atoms with van der Waals surface area (Å²) in [6, 6.07) is 10.6. The van der Waals surface area contributed by atoms with Crippen LogP contribution in [0.3, 0.4) is 0 Å². The highest BCUT2D eigenvalue weighted by Gasteiger charge is 2.55. The fraction of sp³-hybridized carbons (Fsp3) is 0.261. The summed E-state index contributed by atoms with van der Waals surface area (Å²) < 4.78 is 54.4. The van der Waals surface area contributed by atoms with E-state index >= 15 is 0 Å². The molecule has 1 fully saturated rings. The fourth-order valence-corrected chi connectivity index (χ4v) is 6.37. The van der Waals surface area contributed by atoms with Crippen LogP contribution < -0.4 is 10.1 Å². The lowest BCUT2D eigenvalue weighted by atomic mass is 9.95. The van der Waals surface area contributed by atoms with Gasteiger partial charge in [-0.1, -0.05) is 12.1 Å². The van der Waals surface area contributed by atoms with Crippen LogP contribution in [0.5, 0.6) is 5.75 Å². The lowest BCUT2D eigenvalue weighted by Gasteiger charge is -2.38. The van der Waals surface area contributed by atoms with Crippen LogP contribution in [0.4, 0.5) is 14.5 Å². The highest BCUT2D eigenvalue weighted by Crippen LogP contribution is 2.64. The van der Waals surface area contributed by atoms with Gasteiger partial charge in [0.15, 0.2) is 5.82 Å². The third kappa shape index (κ3) is 3.19. The van der Waals surface area contributed by atoms with Crippen LogP contribution in [0.1, 0.15) is 42.6 Å². The summed E-state index contributed by atoms with van der Waals surface area (Å²) in [5.74, 6) is -0.371. The number of ether oxygens (including phenoxy) is 1. The lowest BCUT2D eigenvalue weighted by molar-refractivity contribution is -0.217. The van der Waals surface area contributed by atoms with Crippen LogP contribution in [-0.2, 0) is 19.4 Å². The quantitative estimate of drug-likeness (QED) is 0.368. The van der Waals surface area contributed by atoms with Gasteiger partial charge in [-0.15, -0.1) is 0 Å². The van der Waals surface area contributed by atoms with Gasteiger partial charge in [-0.05, 0) is 43.2 Å². The third-order valence-corrected chi connectivity index (χ3v) is 7.87. The number of anilines is 1. The fourth-order valence-electron chi connectivity index (χ4n) is 5.31. The molecular formula is C23H18F2N5O5P. The Balaban J connectivity index is 1.28. The van der Waals surface area contributed by atoms with Crippen LogP contribution in [0.2, 0.25) is 0 Å². The van der Waals surface area contributed by atoms with E-state index in [1.807, 2.05) is 24.3 Å². The van der Waals surface area contributed by atoms with Crippen LogP contribution >= 0.6 is 7.82 Å². The number of nitrogens with zero attached hydrogens (tertiary/aromatic N) is 4. The van der Waals surface area contributed by atoms with Crippen molar-refractivity contribution in [2.45, 2.75) is 37.8 Å². The summed E-state index contributed by atoms with van der Waals surface area (Å²) in [5.41, 5.74) is 4.58. The zero-order valence-corrected chi connectivity index (χ0v) is 19.5. The standard InChI is InChI=1S/C23H18F2N5O5P/c1-23(34-36(31,32)35-23)21-26-9-12(10-27-21)11-5-6-13-16(7-11)30-17-8-15(20(30)29-13)28-14-3-2-4-18(19(14)17)33-22(24)25/h2-7,9-10,15,17,22,28H,8H2,1H3,(H,31,32)/t15-,17-/m1/s1. The second-order valence-electron chi connectivity index (χ2n) is 8.98. The van der Waals surface area contributed by atoms with Gasteiger partial charge in [-0.25, -0.2) is 28.6 Å². The average molecular weight is 513 g/mol. The maximum atomic E-state index is 13.1. The number of phosphoric acid groups is 1. The molecule has 2 aromatic heterocycles. The molecule has 4 aromatic rings. The van der Waals surface area contributed by atoms with Gasteiger partial charge in [0, 0.05) is 29.2 Å². The van der Waals surface area contributed by atoms with Gasteiger partial charge < -0.3 is 19.5 Å². The van der Waals surface area contributed by atoms with Gasteiger partial charge in [0.25, 0.3) is 0 Å². The predicted octanol–water partition coefficient (Wildman–Crippen LogP) is 4.87. The molecule has 2 bridgehead atoms. The minimum absolute atomic E-state index is 0.0477. The number of alkyl halides is 2. The molecule has 0 unspecified atom stereocenters. The zero-order valence-electron chi connectivity index (χ0n) is 18.6. The number of aromatic nitrogens is 4. The van der Waals surface area contributed by atoms with Gasteiger partial charge in [0.2, 0.25) is 5.79 Å². The molecule has 2 atom stereocenters. The number of hydrogen-bond donors (Lipinski definition) is 2. The normalized spacial score (nSPS) is 27.9. The first kappa shape index (κ1) is 21.8. The molecule has 13 heteroatoms. The second kappa shape index (κ2) is 7.30. The number of halogens is 2. The van der Waals surface area contributed by atoms with Gasteiger partial charge in [-0.2, -0.15) is 8.78 Å². The monoisotopic (exact) mass is 513 g/mol. The van der Waals surface area contributed by atoms with Crippen molar-refractivity contribution in [1.29, 1.82) is 0 Å². The maximum Gasteiger partial charge on any atom is 0.478 e. The van der Waals surface area contributed by atoms with Crippen LogP contribution in [0, 0.1) is 0 Å². The van der Waals surface area contributed by atoms with E-state index in [4.69, 9.17) is 18.8 Å². The minimum atomic E-state index is -4.04. The Morgan fingerprint density at radius 3 is 2.72 bits per heavy atom. The van der Waals surface area contributed by atoms with Crippen molar-refractivity contribution in [3.63, 3.8) is 0 Å². The number of hydrogen-bond acceptors (Lipinski definition) is 8. The number of benzene rings is 2. The molecule has 3 aliphatic heterocycles. The number of phosphoric ester groups is 1. The van der Waals surface area contributed by atoms with E-state index in [0.717, 1.165) is 28.1 Å². The van der Waals surface area contributed by atoms with Crippen LogP contribution in [0.25, 0.3) is 22.2 Å². The summed E-state index contributed by atoms with van der Waals surface area (Å²) in [5, 5.41) is 3.41. The molecule has 36 heavy (non-hydrogen) atoms. The number of fused-ring (bicyclic) bond motifs is 9. The van der Waals surface area contributed by atoms with Crippen molar-refractivity contribution < 1.29 is 32.0 Å². The number of rotatable bonds is 4.